The Kier molecular flexibility index (Phi) is 4.32. The van der Waals surface area contributed by atoms with E-state index in [0.29, 0.717) is 16.6 Å². The van der Waals surface area contributed by atoms with Gasteiger partial charge in [0, 0.05) is 10.0 Å². The van der Waals surface area contributed by atoms with Crippen LogP contribution < -0.4 is 5.56 Å². The van der Waals surface area contributed by atoms with E-state index < -0.39 is 5.56 Å². The van der Waals surface area contributed by atoms with Crippen LogP contribution in [0.2, 0.25) is 0 Å². The van der Waals surface area contributed by atoms with Gasteiger partial charge in [-0.15, -0.1) is 0 Å². The third-order valence-electron chi connectivity index (χ3n) is 3.10. The van der Waals surface area contributed by atoms with Gasteiger partial charge in [-0.3, -0.25) is 4.79 Å². The first-order valence-electron chi connectivity index (χ1n) is 6.42. The number of nitriles is 1. The predicted molar refractivity (Wildman–Crippen MR) is 90.0 cm³/mol. The van der Waals surface area contributed by atoms with Gasteiger partial charge < -0.3 is 9.40 Å². The molecule has 23 heavy (non-hydrogen) atoms. The zero-order valence-corrected chi connectivity index (χ0v) is 14.2. The summed E-state index contributed by atoms with van der Waals surface area (Å²) in [5, 5.41) is 9.69. The molecule has 3 aromatic rings. The van der Waals surface area contributed by atoms with Gasteiger partial charge in [-0.05, 0) is 18.4 Å². The van der Waals surface area contributed by atoms with Crippen molar-refractivity contribution >= 4 is 27.7 Å². The lowest BCUT2D eigenvalue weighted by Crippen LogP contribution is -2.14. The number of aromatic amines is 1. The van der Waals surface area contributed by atoms with Crippen molar-refractivity contribution in [1.82, 2.24) is 15.0 Å². The Morgan fingerprint density at radius 3 is 2.70 bits per heavy atom. The lowest BCUT2D eigenvalue weighted by atomic mass is 10.1. The van der Waals surface area contributed by atoms with Gasteiger partial charge in [-0.2, -0.15) is 5.26 Å². The van der Waals surface area contributed by atoms with Crippen LogP contribution in [0.1, 0.15) is 5.56 Å². The molecule has 0 aliphatic heterocycles. The minimum Gasteiger partial charge on any atom is -0.443 e. The third-order valence-corrected chi connectivity index (χ3v) is 4.21. The quantitative estimate of drug-likeness (QED) is 0.545. The van der Waals surface area contributed by atoms with Gasteiger partial charge >= 0.3 is 0 Å². The van der Waals surface area contributed by atoms with E-state index in [2.05, 4.69) is 30.9 Å². The molecule has 0 radical (unpaired) electrons. The highest BCUT2D eigenvalue weighted by Gasteiger charge is 2.20. The fourth-order valence-corrected chi connectivity index (χ4v) is 2.69. The molecule has 2 heterocycles. The van der Waals surface area contributed by atoms with Crippen LogP contribution in [-0.4, -0.2) is 21.2 Å². The molecule has 114 valence electrons. The van der Waals surface area contributed by atoms with Crippen LogP contribution in [-0.2, 0) is 0 Å². The van der Waals surface area contributed by atoms with E-state index in [9.17, 15) is 10.1 Å². The van der Waals surface area contributed by atoms with Gasteiger partial charge in [0.25, 0.3) is 5.56 Å². The first kappa shape index (κ1) is 15.5. The molecular formula is C15H9BrN4O2S. The van der Waals surface area contributed by atoms with Crippen molar-refractivity contribution in [3.63, 3.8) is 0 Å². The average molecular weight is 389 g/mol. The van der Waals surface area contributed by atoms with Crippen LogP contribution in [0.25, 0.3) is 22.7 Å². The van der Waals surface area contributed by atoms with Gasteiger partial charge in [0.2, 0.25) is 0 Å². The number of hydrogen-bond donors (Lipinski definition) is 1. The second kappa shape index (κ2) is 6.40. The van der Waals surface area contributed by atoms with Crippen LogP contribution in [0.15, 0.2) is 49.5 Å². The van der Waals surface area contributed by atoms with Crippen LogP contribution in [0, 0.1) is 11.3 Å². The summed E-state index contributed by atoms with van der Waals surface area (Å²) in [6, 6.07) is 9.32. The van der Waals surface area contributed by atoms with E-state index in [1.54, 1.807) is 6.26 Å². The molecule has 1 N–H and O–H groups in total. The Hall–Kier alpha value is -2.37. The lowest BCUT2D eigenvalue weighted by Gasteiger charge is -2.04. The smallest absolute Gasteiger partial charge is 0.270 e. The average Bonchev–Trinajstić information content (AvgIpc) is 3.04. The van der Waals surface area contributed by atoms with Crippen molar-refractivity contribution in [1.29, 1.82) is 5.26 Å². The number of nitrogens with zero attached hydrogens (tertiary/aromatic N) is 3. The van der Waals surface area contributed by atoms with E-state index in [1.807, 2.05) is 30.3 Å². The van der Waals surface area contributed by atoms with Gasteiger partial charge in [0.15, 0.2) is 17.3 Å². The molecule has 0 amide bonds. The molecule has 8 heteroatoms. The predicted octanol–water partition coefficient (Wildman–Crippen LogP) is 3.45. The molecule has 6 nitrogen and oxygen atoms in total. The second-order valence-corrected chi connectivity index (χ2v) is 6.16. The maximum atomic E-state index is 12.0. The fourth-order valence-electron chi connectivity index (χ4n) is 2.05. The number of nitrogens with one attached hydrogen (secondary N) is 1. The van der Waals surface area contributed by atoms with Crippen molar-refractivity contribution < 1.29 is 4.42 Å². The lowest BCUT2D eigenvalue weighted by molar-refractivity contribution is 0.572. The molecular weight excluding hydrogens is 380 g/mol. The van der Waals surface area contributed by atoms with Crippen molar-refractivity contribution in [2.45, 2.75) is 5.16 Å². The summed E-state index contributed by atoms with van der Waals surface area (Å²) < 4.78 is 6.39. The number of benzene rings is 1. The zero-order chi connectivity index (χ0) is 16.4. The molecule has 0 fully saturated rings. The summed E-state index contributed by atoms with van der Waals surface area (Å²) in [7, 11) is 0. The Labute approximate surface area is 143 Å². The first-order valence-corrected chi connectivity index (χ1v) is 8.44. The van der Waals surface area contributed by atoms with Crippen molar-refractivity contribution in [3.05, 3.63) is 51.0 Å². The molecule has 0 aliphatic carbocycles. The summed E-state index contributed by atoms with van der Waals surface area (Å²) in [4.78, 5) is 23.1. The Morgan fingerprint density at radius 1 is 1.30 bits per heavy atom. The highest BCUT2D eigenvalue weighted by atomic mass is 79.9. The number of aromatic nitrogens is 3. The van der Waals surface area contributed by atoms with Crippen LogP contribution in [0.4, 0.5) is 0 Å². The standard InChI is InChI=1S/C15H9BrN4O2S/c1-23-15-19-11(10(6-17)14(21)20-15)12-13(22-7-18-12)8-2-4-9(16)5-3-8/h2-5,7H,1H3,(H,19,20,21). The number of halogens is 1. The monoisotopic (exact) mass is 388 g/mol. The van der Waals surface area contributed by atoms with E-state index in [4.69, 9.17) is 4.42 Å². The number of hydrogen-bond acceptors (Lipinski definition) is 6. The molecule has 3 rings (SSSR count). The van der Waals surface area contributed by atoms with Crippen LogP contribution in [0.3, 0.4) is 0 Å². The second-order valence-electron chi connectivity index (χ2n) is 4.45. The molecule has 0 bridgehead atoms. The molecule has 0 saturated heterocycles. The fraction of sp³-hybridized carbons (Fsp3) is 0.0667. The Balaban J connectivity index is 2.24. The van der Waals surface area contributed by atoms with Gasteiger partial charge in [-0.25, -0.2) is 9.97 Å². The molecule has 0 atom stereocenters. The summed E-state index contributed by atoms with van der Waals surface area (Å²) in [5.74, 6) is 0.458. The number of thioether (sulfide) groups is 1. The summed E-state index contributed by atoms with van der Waals surface area (Å²) in [6.07, 6.45) is 3.06. The van der Waals surface area contributed by atoms with Crippen molar-refractivity contribution in [2.75, 3.05) is 6.26 Å². The molecule has 0 spiro atoms. The molecule has 0 saturated carbocycles. The maximum Gasteiger partial charge on any atom is 0.270 e. The SMILES string of the molecule is CSc1nc(-c2ncoc2-c2ccc(Br)cc2)c(C#N)c(=O)[nH]1. The van der Waals surface area contributed by atoms with E-state index >= 15 is 0 Å². The minimum atomic E-state index is -0.494. The number of rotatable bonds is 3. The van der Waals surface area contributed by atoms with E-state index in [-0.39, 0.29) is 11.3 Å². The molecule has 2 aromatic heterocycles. The molecule has 0 aliphatic rings. The summed E-state index contributed by atoms with van der Waals surface area (Å²) >= 11 is 4.65. The highest BCUT2D eigenvalue weighted by Crippen LogP contribution is 2.32. The normalized spacial score (nSPS) is 10.5. The highest BCUT2D eigenvalue weighted by molar-refractivity contribution is 9.10. The van der Waals surface area contributed by atoms with E-state index in [1.165, 1.54) is 18.2 Å². The number of oxazole rings is 1. The third kappa shape index (κ3) is 2.93. The maximum absolute atomic E-state index is 12.0. The van der Waals surface area contributed by atoms with Crippen LogP contribution >= 0.6 is 27.7 Å². The largest absolute Gasteiger partial charge is 0.443 e. The van der Waals surface area contributed by atoms with Gasteiger partial charge in [0.05, 0.1) is 0 Å². The summed E-state index contributed by atoms with van der Waals surface area (Å²) in [6.45, 7) is 0. The van der Waals surface area contributed by atoms with Gasteiger partial charge in [-0.1, -0.05) is 39.8 Å². The minimum absolute atomic E-state index is 0.0879. The Morgan fingerprint density at radius 2 is 2.04 bits per heavy atom. The van der Waals surface area contributed by atoms with Gasteiger partial charge in [0.1, 0.15) is 23.0 Å². The van der Waals surface area contributed by atoms with Crippen LogP contribution in [0.5, 0.6) is 0 Å². The van der Waals surface area contributed by atoms with Crippen molar-refractivity contribution in [3.8, 4) is 28.8 Å². The zero-order valence-electron chi connectivity index (χ0n) is 11.8. The van der Waals surface area contributed by atoms with Crippen molar-refractivity contribution in [2.24, 2.45) is 0 Å². The van der Waals surface area contributed by atoms with E-state index in [0.717, 1.165) is 10.0 Å². The first-order chi connectivity index (χ1) is 11.1. The number of H-pyrrole nitrogens is 1. The summed E-state index contributed by atoms with van der Waals surface area (Å²) in [5.41, 5.74) is 0.775. The topological polar surface area (TPSA) is 95.6 Å². The molecule has 0 unspecified atom stereocenters. The Bertz CT molecular complexity index is 957. The molecule has 1 aromatic carbocycles.